The summed E-state index contributed by atoms with van der Waals surface area (Å²) in [5.41, 5.74) is 0. The van der Waals surface area contributed by atoms with E-state index in [9.17, 15) is 19.2 Å². The average Bonchev–Trinajstić information content (AvgIpc) is 3.04. The van der Waals surface area contributed by atoms with Crippen LogP contribution in [0.3, 0.4) is 0 Å². The number of carbonyl (C=O) groups excluding carboxylic acids is 2. The minimum Gasteiger partial charge on any atom is -0.480 e. The molecule has 0 bridgehead atoms. The molecule has 0 spiro atoms. The van der Waals surface area contributed by atoms with E-state index in [2.05, 4.69) is 48.9 Å². The zero-order chi connectivity index (χ0) is 35.4. The van der Waals surface area contributed by atoms with Crippen molar-refractivity contribution in [1.82, 2.24) is 0 Å². The van der Waals surface area contributed by atoms with E-state index in [0.29, 0.717) is 0 Å². The van der Waals surface area contributed by atoms with Gasteiger partial charge in [-0.2, -0.15) is 0 Å². The van der Waals surface area contributed by atoms with Gasteiger partial charge in [0.15, 0.2) is 0 Å². The summed E-state index contributed by atoms with van der Waals surface area (Å²) in [6.07, 6.45) is 7.06. The molecule has 262 valence electrons. The topological polar surface area (TPSA) is 203 Å². The fourth-order valence-corrected chi connectivity index (χ4v) is 2.16. The highest BCUT2D eigenvalue weighted by Crippen LogP contribution is 1.97. The maximum atomic E-state index is 11.4. The van der Waals surface area contributed by atoms with Crippen molar-refractivity contribution in [3.8, 4) is 0 Å². The number of carbonyl (C=O) groups is 4. The standard InChI is InChI=1S/C18H26O7.C8H14O7.C5H8O/c1-5-15(6-2)24-17(19)13-22-11-9-21-10-12-23-14-18(20)25-16(7-3)8-4;9-7(10)5-14-3-1-13-2-4-15-6-8(11)12;1-3-5(6)4-2/h5-8,15-16H,1-4,9-14H2;1-6H2,(H,9,10)(H,11,12);3-6H,1-2H2. The largest absolute Gasteiger partial charge is 0.480 e. The van der Waals surface area contributed by atoms with Gasteiger partial charge < -0.3 is 53.2 Å². The predicted molar refractivity (Wildman–Crippen MR) is 167 cm³/mol. The van der Waals surface area contributed by atoms with Crippen molar-refractivity contribution in [2.75, 3.05) is 79.3 Å². The van der Waals surface area contributed by atoms with E-state index in [4.69, 9.17) is 43.7 Å². The third-order valence-corrected chi connectivity index (χ3v) is 4.33. The first-order valence-corrected chi connectivity index (χ1v) is 13.7. The Kier molecular flexibility index (Phi) is 35.9. The Morgan fingerprint density at radius 1 is 0.457 bits per heavy atom. The maximum Gasteiger partial charge on any atom is 0.332 e. The van der Waals surface area contributed by atoms with E-state index < -0.39 is 42.2 Å². The zero-order valence-electron chi connectivity index (χ0n) is 26.2. The van der Waals surface area contributed by atoms with E-state index in [1.807, 2.05) is 0 Å². The first kappa shape index (κ1) is 46.5. The molecule has 15 heteroatoms. The normalized spacial score (nSPS) is 10.0. The Morgan fingerprint density at radius 3 is 0.935 bits per heavy atom. The molecule has 0 radical (unpaired) electrons. The first-order chi connectivity index (χ1) is 22.0. The lowest BCUT2D eigenvalue weighted by Gasteiger charge is -2.10. The summed E-state index contributed by atoms with van der Waals surface area (Å²) in [5, 5.41) is 24.8. The average molecular weight is 661 g/mol. The number of carboxylic acid groups (broad SMARTS) is 2. The fourth-order valence-electron chi connectivity index (χ4n) is 2.16. The third-order valence-electron chi connectivity index (χ3n) is 4.33. The van der Waals surface area contributed by atoms with Gasteiger partial charge in [-0.25, -0.2) is 19.2 Å². The van der Waals surface area contributed by atoms with E-state index in [1.54, 1.807) is 0 Å². The Balaban J connectivity index is -0.000000739. The smallest absolute Gasteiger partial charge is 0.332 e. The molecule has 0 fully saturated rings. The highest BCUT2D eigenvalue weighted by molar-refractivity contribution is 5.71. The van der Waals surface area contributed by atoms with Gasteiger partial charge in [0.1, 0.15) is 38.6 Å². The van der Waals surface area contributed by atoms with Crippen LogP contribution >= 0.6 is 0 Å². The van der Waals surface area contributed by atoms with Crippen LogP contribution in [-0.4, -0.2) is 137 Å². The van der Waals surface area contributed by atoms with E-state index in [-0.39, 0.29) is 79.3 Å². The molecule has 0 saturated carbocycles. The highest BCUT2D eigenvalue weighted by Gasteiger charge is 2.08. The van der Waals surface area contributed by atoms with Crippen molar-refractivity contribution in [3.05, 3.63) is 75.9 Å². The molecule has 3 N–H and O–H groups in total. The van der Waals surface area contributed by atoms with Gasteiger partial charge in [-0.05, 0) is 24.3 Å². The number of hydrogen-bond donors (Lipinski definition) is 3. The van der Waals surface area contributed by atoms with Crippen molar-refractivity contribution in [2.45, 2.75) is 18.3 Å². The zero-order valence-corrected chi connectivity index (χ0v) is 26.2. The SMILES string of the molecule is C=CC(C=C)OC(=O)COCCOCCOCC(=O)OC(C=C)C=C.C=CC(O)C=C.O=C(O)COCCOCCOCC(=O)O. The number of aliphatic carboxylic acids is 2. The summed E-state index contributed by atoms with van der Waals surface area (Å²) >= 11 is 0. The summed E-state index contributed by atoms with van der Waals surface area (Å²) in [7, 11) is 0. The minimum absolute atomic E-state index is 0.183. The molecular formula is C31H48O15. The van der Waals surface area contributed by atoms with Gasteiger partial charge in [-0.1, -0.05) is 38.5 Å². The lowest BCUT2D eigenvalue weighted by molar-refractivity contribution is -0.151. The predicted octanol–water partition coefficient (Wildman–Crippen LogP) is 1.53. The molecule has 0 unspecified atom stereocenters. The van der Waals surface area contributed by atoms with Crippen molar-refractivity contribution in [3.63, 3.8) is 0 Å². The van der Waals surface area contributed by atoms with Crippen molar-refractivity contribution >= 4 is 23.9 Å². The monoisotopic (exact) mass is 660 g/mol. The summed E-state index contributed by atoms with van der Waals surface area (Å²) in [5.74, 6) is -3.08. The van der Waals surface area contributed by atoms with Crippen molar-refractivity contribution < 1.29 is 72.4 Å². The molecule has 0 amide bonds. The molecule has 15 nitrogen and oxygen atoms in total. The Labute approximate surface area is 269 Å². The van der Waals surface area contributed by atoms with Crippen LogP contribution in [0.25, 0.3) is 0 Å². The van der Waals surface area contributed by atoms with Crippen LogP contribution < -0.4 is 0 Å². The quantitative estimate of drug-likeness (QED) is 0.0619. The van der Waals surface area contributed by atoms with Gasteiger partial charge in [-0.15, -0.1) is 13.2 Å². The van der Waals surface area contributed by atoms with Crippen LogP contribution in [-0.2, 0) is 57.1 Å². The summed E-state index contributed by atoms with van der Waals surface area (Å²) in [4.78, 5) is 42.7. The molecule has 0 saturated heterocycles. The van der Waals surface area contributed by atoms with Gasteiger partial charge in [0.25, 0.3) is 0 Å². The van der Waals surface area contributed by atoms with Crippen LogP contribution in [0, 0.1) is 0 Å². The van der Waals surface area contributed by atoms with Crippen LogP contribution in [0.2, 0.25) is 0 Å². The van der Waals surface area contributed by atoms with Crippen molar-refractivity contribution in [2.24, 2.45) is 0 Å². The third kappa shape index (κ3) is 38.1. The molecule has 0 rings (SSSR count). The lowest BCUT2D eigenvalue weighted by atomic mass is 10.3. The summed E-state index contributed by atoms with van der Waals surface area (Å²) < 4.78 is 39.7. The van der Waals surface area contributed by atoms with Crippen molar-refractivity contribution in [1.29, 1.82) is 0 Å². The Morgan fingerprint density at radius 2 is 0.717 bits per heavy atom. The van der Waals surface area contributed by atoms with Gasteiger partial charge in [0.2, 0.25) is 0 Å². The van der Waals surface area contributed by atoms with Crippen LogP contribution in [0.1, 0.15) is 0 Å². The fraction of sp³-hybridized carbons (Fsp3) is 0.484. The first-order valence-electron chi connectivity index (χ1n) is 13.7. The lowest BCUT2D eigenvalue weighted by Crippen LogP contribution is -2.21. The van der Waals surface area contributed by atoms with Crippen LogP contribution in [0.4, 0.5) is 0 Å². The minimum atomic E-state index is -1.03. The number of hydrogen-bond acceptors (Lipinski definition) is 13. The number of carboxylic acids is 2. The number of rotatable bonds is 28. The number of ether oxygens (including phenoxy) is 8. The molecule has 0 aliphatic carbocycles. The highest BCUT2D eigenvalue weighted by atomic mass is 16.6. The van der Waals surface area contributed by atoms with E-state index in [0.717, 1.165) is 0 Å². The number of aliphatic hydroxyl groups excluding tert-OH is 1. The molecule has 0 aromatic heterocycles. The van der Waals surface area contributed by atoms with Gasteiger partial charge >= 0.3 is 23.9 Å². The van der Waals surface area contributed by atoms with Gasteiger partial charge in [-0.3, -0.25) is 0 Å². The molecule has 0 aromatic rings. The molecule has 0 heterocycles. The second kappa shape index (κ2) is 35.5. The Hall–Kier alpha value is -3.96. The molecule has 0 atom stereocenters. The van der Waals surface area contributed by atoms with E-state index >= 15 is 0 Å². The number of aliphatic hydroxyl groups is 1. The molecule has 46 heavy (non-hydrogen) atoms. The van der Waals surface area contributed by atoms with Gasteiger partial charge in [0, 0.05) is 0 Å². The summed E-state index contributed by atoms with van der Waals surface area (Å²) in [6, 6.07) is 0. The maximum absolute atomic E-state index is 11.4. The molecular weight excluding hydrogens is 612 g/mol. The van der Waals surface area contributed by atoms with Gasteiger partial charge in [0.05, 0.1) is 59.0 Å². The molecule has 0 aliphatic rings. The van der Waals surface area contributed by atoms with Crippen LogP contribution in [0.5, 0.6) is 0 Å². The molecule has 0 aromatic carbocycles. The Bertz CT molecular complexity index is 803. The number of esters is 2. The second-order valence-corrected chi connectivity index (χ2v) is 8.04. The molecule has 0 aliphatic heterocycles. The van der Waals surface area contributed by atoms with E-state index in [1.165, 1.54) is 36.5 Å². The second-order valence-electron chi connectivity index (χ2n) is 8.04. The summed E-state index contributed by atoms with van der Waals surface area (Å²) in [6.45, 7) is 21.5. The van der Waals surface area contributed by atoms with Crippen LogP contribution in [0.15, 0.2) is 75.9 Å².